The number of esters is 1. The van der Waals surface area contributed by atoms with Gasteiger partial charge in [-0.3, -0.25) is 4.79 Å². The van der Waals surface area contributed by atoms with Crippen molar-refractivity contribution in [3.05, 3.63) is 11.1 Å². The van der Waals surface area contributed by atoms with Crippen LogP contribution in [0.15, 0.2) is 11.1 Å². The molecular weight excluding hydrogens is 408 g/mol. The molecular formula is C30H48O3. The van der Waals surface area contributed by atoms with Gasteiger partial charge in [0.1, 0.15) is 6.10 Å². The van der Waals surface area contributed by atoms with Gasteiger partial charge in [-0.25, -0.2) is 0 Å². The monoisotopic (exact) mass is 456 g/mol. The van der Waals surface area contributed by atoms with Crippen molar-refractivity contribution in [1.82, 2.24) is 0 Å². The number of ether oxygens (including phenoxy) is 1. The van der Waals surface area contributed by atoms with Crippen LogP contribution in [0.2, 0.25) is 0 Å². The third-order valence-corrected chi connectivity index (χ3v) is 12.6. The van der Waals surface area contributed by atoms with Gasteiger partial charge in [0.05, 0.1) is 12.0 Å². The van der Waals surface area contributed by atoms with Crippen LogP contribution in [0.1, 0.15) is 113 Å². The van der Waals surface area contributed by atoms with Gasteiger partial charge in [-0.05, 0) is 104 Å². The van der Waals surface area contributed by atoms with Crippen molar-refractivity contribution in [3.8, 4) is 0 Å². The van der Waals surface area contributed by atoms with E-state index in [0.29, 0.717) is 17.8 Å². The normalized spacial score (nSPS) is 50.2. The van der Waals surface area contributed by atoms with E-state index in [0.717, 1.165) is 25.7 Å². The molecule has 5 rings (SSSR count). The van der Waals surface area contributed by atoms with Crippen LogP contribution in [0.3, 0.4) is 0 Å². The molecule has 1 saturated heterocycles. The molecule has 0 unspecified atom stereocenters. The molecule has 3 nitrogen and oxygen atoms in total. The number of carbonyl (C=O) groups excluding carboxylic acids is 1. The molecule has 0 amide bonds. The van der Waals surface area contributed by atoms with E-state index in [1.165, 1.54) is 38.5 Å². The van der Waals surface area contributed by atoms with Gasteiger partial charge in [-0.15, -0.1) is 0 Å². The van der Waals surface area contributed by atoms with Crippen LogP contribution in [-0.4, -0.2) is 23.3 Å². The maximum atomic E-state index is 12.3. The average molecular weight is 457 g/mol. The van der Waals surface area contributed by atoms with Crippen molar-refractivity contribution < 1.29 is 14.6 Å². The SMILES string of the molecule is C[C@H]([C@H]1CC[C@]2(C)C3=C(CC[C@@]12C)[C@]1(C)CC[C@H](O)C(C)(C)[C@H]1CC3)[C@H]1CC[C@H](C)C(=O)O1. The Morgan fingerprint density at radius 1 is 0.909 bits per heavy atom. The molecule has 0 spiro atoms. The number of hydrogen-bond acceptors (Lipinski definition) is 3. The number of hydrogen-bond donors (Lipinski definition) is 1. The number of allylic oxidation sites excluding steroid dienone is 2. The topological polar surface area (TPSA) is 46.5 Å². The van der Waals surface area contributed by atoms with Gasteiger partial charge in [0.15, 0.2) is 0 Å². The summed E-state index contributed by atoms with van der Waals surface area (Å²) in [5, 5.41) is 10.8. The van der Waals surface area contributed by atoms with Gasteiger partial charge in [0.2, 0.25) is 0 Å². The van der Waals surface area contributed by atoms with E-state index in [4.69, 9.17) is 4.74 Å². The summed E-state index contributed by atoms with van der Waals surface area (Å²) in [7, 11) is 0. The van der Waals surface area contributed by atoms with Gasteiger partial charge in [0, 0.05) is 0 Å². The first kappa shape index (κ1) is 23.9. The van der Waals surface area contributed by atoms with E-state index in [1.807, 2.05) is 6.92 Å². The Hall–Kier alpha value is -0.830. The summed E-state index contributed by atoms with van der Waals surface area (Å²) in [6.07, 6.45) is 11.5. The summed E-state index contributed by atoms with van der Waals surface area (Å²) in [5.74, 6) is 1.73. The number of fused-ring (bicyclic) bond motifs is 4. The minimum absolute atomic E-state index is 0.00189. The molecule has 0 aromatic heterocycles. The van der Waals surface area contributed by atoms with Crippen LogP contribution in [0.4, 0.5) is 0 Å². The van der Waals surface area contributed by atoms with Crippen LogP contribution in [0.5, 0.6) is 0 Å². The zero-order valence-corrected chi connectivity index (χ0v) is 22.3. The number of aliphatic hydroxyl groups is 1. The van der Waals surface area contributed by atoms with Crippen LogP contribution in [-0.2, 0) is 9.53 Å². The first-order chi connectivity index (χ1) is 15.4. The summed E-state index contributed by atoms with van der Waals surface area (Å²) >= 11 is 0. The molecule has 33 heavy (non-hydrogen) atoms. The van der Waals surface area contributed by atoms with E-state index >= 15 is 0 Å². The Balaban J connectivity index is 1.46. The minimum atomic E-state index is -0.167. The molecule has 3 heteroatoms. The smallest absolute Gasteiger partial charge is 0.308 e. The van der Waals surface area contributed by atoms with Gasteiger partial charge in [-0.1, -0.05) is 59.6 Å². The molecule has 0 bridgehead atoms. The molecule has 9 atom stereocenters. The van der Waals surface area contributed by atoms with E-state index < -0.39 is 0 Å². The Morgan fingerprint density at radius 2 is 1.64 bits per heavy atom. The minimum Gasteiger partial charge on any atom is -0.462 e. The zero-order valence-electron chi connectivity index (χ0n) is 22.3. The fourth-order valence-electron chi connectivity index (χ4n) is 10.0. The lowest BCUT2D eigenvalue weighted by Gasteiger charge is -2.62. The first-order valence-electron chi connectivity index (χ1n) is 14.0. The maximum absolute atomic E-state index is 12.3. The number of carbonyl (C=O) groups is 1. The Kier molecular flexibility index (Phi) is 5.49. The van der Waals surface area contributed by atoms with Crippen LogP contribution in [0, 0.1) is 45.3 Å². The summed E-state index contributed by atoms with van der Waals surface area (Å²) in [6, 6.07) is 0. The first-order valence-corrected chi connectivity index (χ1v) is 14.0. The quantitative estimate of drug-likeness (QED) is 0.357. The predicted molar refractivity (Wildman–Crippen MR) is 132 cm³/mol. The molecule has 0 radical (unpaired) electrons. The van der Waals surface area contributed by atoms with Crippen molar-refractivity contribution in [3.63, 3.8) is 0 Å². The van der Waals surface area contributed by atoms with E-state index in [9.17, 15) is 9.90 Å². The van der Waals surface area contributed by atoms with Gasteiger partial charge >= 0.3 is 5.97 Å². The number of aliphatic hydroxyl groups excluding tert-OH is 1. The lowest BCUT2D eigenvalue weighted by Crippen LogP contribution is -2.55. The molecule has 186 valence electrons. The fourth-order valence-corrected chi connectivity index (χ4v) is 10.0. The largest absolute Gasteiger partial charge is 0.462 e. The van der Waals surface area contributed by atoms with Crippen molar-refractivity contribution in [2.75, 3.05) is 0 Å². The highest BCUT2D eigenvalue weighted by Gasteiger charge is 2.63. The summed E-state index contributed by atoms with van der Waals surface area (Å²) < 4.78 is 5.98. The molecule has 3 fully saturated rings. The second-order valence-corrected chi connectivity index (χ2v) is 14.0. The average Bonchev–Trinajstić information content (AvgIpc) is 3.04. The van der Waals surface area contributed by atoms with E-state index in [2.05, 4.69) is 41.5 Å². The van der Waals surface area contributed by atoms with Crippen LogP contribution in [0.25, 0.3) is 0 Å². The van der Waals surface area contributed by atoms with Crippen molar-refractivity contribution in [1.29, 1.82) is 0 Å². The zero-order chi connectivity index (χ0) is 24.0. The van der Waals surface area contributed by atoms with Crippen molar-refractivity contribution in [2.45, 2.75) is 125 Å². The molecule has 1 aliphatic heterocycles. The molecule has 1 heterocycles. The van der Waals surface area contributed by atoms with Gasteiger partial charge in [0.25, 0.3) is 0 Å². The standard InChI is InChI=1S/C30H48O3/c1-18-8-10-23(33-26(18)32)19(2)20-12-16-30(7)22-9-11-24-27(3,4)25(31)14-15-28(24,5)21(22)13-17-29(20,30)6/h18-20,23-25,31H,8-17H2,1-7H3/t18-,19+,20+,23+,24+,25-,28-,29-,30+/m0/s1. The summed E-state index contributed by atoms with van der Waals surface area (Å²) in [4.78, 5) is 12.3. The van der Waals surface area contributed by atoms with Gasteiger partial charge in [-0.2, -0.15) is 0 Å². The van der Waals surface area contributed by atoms with Crippen LogP contribution >= 0.6 is 0 Å². The van der Waals surface area contributed by atoms with E-state index in [-0.39, 0.29) is 45.8 Å². The van der Waals surface area contributed by atoms with Crippen molar-refractivity contribution >= 4 is 5.97 Å². The highest BCUT2D eigenvalue weighted by Crippen LogP contribution is 2.72. The highest BCUT2D eigenvalue weighted by molar-refractivity contribution is 5.72. The molecule has 4 aliphatic carbocycles. The third kappa shape index (κ3) is 3.12. The maximum Gasteiger partial charge on any atom is 0.308 e. The Morgan fingerprint density at radius 3 is 2.33 bits per heavy atom. The lowest BCUT2D eigenvalue weighted by molar-refractivity contribution is -0.165. The molecule has 2 saturated carbocycles. The second-order valence-electron chi connectivity index (χ2n) is 14.0. The Labute approximate surface area is 202 Å². The summed E-state index contributed by atoms with van der Waals surface area (Å²) in [5.41, 5.74) is 4.38. The lowest BCUT2D eigenvalue weighted by atomic mass is 9.43. The molecule has 5 aliphatic rings. The highest BCUT2D eigenvalue weighted by atomic mass is 16.5. The predicted octanol–water partition coefficient (Wildman–Crippen LogP) is 7.07. The fraction of sp³-hybridized carbons (Fsp3) is 0.900. The Bertz CT molecular complexity index is 857. The molecule has 0 aromatic carbocycles. The van der Waals surface area contributed by atoms with Crippen LogP contribution < -0.4 is 0 Å². The molecule has 0 aromatic rings. The number of rotatable bonds is 2. The third-order valence-electron chi connectivity index (χ3n) is 12.6. The summed E-state index contributed by atoms with van der Waals surface area (Å²) in [6.45, 7) is 16.7. The number of cyclic esters (lactones) is 1. The van der Waals surface area contributed by atoms with Crippen molar-refractivity contribution in [2.24, 2.45) is 45.3 Å². The second kappa shape index (κ2) is 7.58. The van der Waals surface area contributed by atoms with Gasteiger partial charge < -0.3 is 9.84 Å². The molecule has 1 N–H and O–H groups in total. The van der Waals surface area contributed by atoms with E-state index in [1.54, 1.807) is 11.1 Å².